The molecule has 0 radical (unpaired) electrons. The van der Waals surface area contributed by atoms with Crippen LogP contribution in [0.25, 0.3) is 17.4 Å². The number of carbonyl (C=O) groups is 3. The fourth-order valence-electron chi connectivity index (χ4n) is 2.82. The quantitative estimate of drug-likeness (QED) is 0.387. The Balaban J connectivity index is 1.66. The van der Waals surface area contributed by atoms with Crippen LogP contribution in [0.2, 0.25) is 0 Å². The Morgan fingerprint density at radius 1 is 0.828 bits per heavy atom. The van der Waals surface area contributed by atoms with Crippen LogP contribution in [0.1, 0.15) is 5.76 Å². The SMILES string of the molecule is O=C1NC(=O)N(c2ccc(Br)cc2)C(=O)C1=Cc1ccc(-c2ccc(Br)cc2)o1. The first-order valence-corrected chi connectivity index (χ1v) is 10.0. The fourth-order valence-corrected chi connectivity index (χ4v) is 3.35. The van der Waals surface area contributed by atoms with E-state index in [0.717, 1.165) is 19.4 Å². The van der Waals surface area contributed by atoms with Crippen LogP contribution in [-0.4, -0.2) is 17.8 Å². The van der Waals surface area contributed by atoms with Gasteiger partial charge >= 0.3 is 6.03 Å². The van der Waals surface area contributed by atoms with Crippen LogP contribution in [0.15, 0.2) is 79.6 Å². The molecule has 6 nitrogen and oxygen atoms in total. The standard InChI is InChI=1S/C21H12Br2N2O4/c22-13-3-1-12(2-4-13)18-10-9-16(29-18)11-17-19(26)24-21(28)25(20(17)27)15-7-5-14(23)6-8-15/h1-11H,(H,24,26,28). The molecule has 1 fully saturated rings. The normalized spacial score (nSPS) is 15.7. The predicted octanol–water partition coefficient (Wildman–Crippen LogP) is 5.14. The van der Waals surface area contributed by atoms with Gasteiger partial charge in [-0.1, -0.05) is 44.0 Å². The molecule has 1 aromatic heterocycles. The average molecular weight is 516 g/mol. The van der Waals surface area contributed by atoms with Crippen LogP contribution in [0, 0.1) is 0 Å². The zero-order valence-corrected chi connectivity index (χ0v) is 17.9. The van der Waals surface area contributed by atoms with Crippen LogP contribution in [0.5, 0.6) is 0 Å². The van der Waals surface area contributed by atoms with E-state index >= 15 is 0 Å². The monoisotopic (exact) mass is 514 g/mol. The molecule has 4 rings (SSSR count). The summed E-state index contributed by atoms with van der Waals surface area (Å²) < 4.78 is 7.50. The number of anilines is 1. The number of urea groups is 1. The summed E-state index contributed by atoms with van der Waals surface area (Å²) in [5, 5.41) is 2.19. The van der Waals surface area contributed by atoms with Crippen molar-refractivity contribution in [3.05, 3.63) is 80.9 Å². The van der Waals surface area contributed by atoms with Crippen molar-refractivity contribution in [3.63, 3.8) is 0 Å². The molecule has 1 aliphatic heterocycles. The molecule has 1 N–H and O–H groups in total. The Hall–Kier alpha value is -2.97. The molecule has 0 atom stereocenters. The largest absolute Gasteiger partial charge is 0.457 e. The number of halogens is 2. The third kappa shape index (κ3) is 3.94. The highest BCUT2D eigenvalue weighted by molar-refractivity contribution is 9.10. The van der Waals surface area contributed by atoms with Crippen molar-refractivity contribution < 1.29 is 18.8 Å². The van der Waals surface area contributed by atoms with Gasteiger partial charge in [0.1, 0.15) is 17.1 Å². The van der Waals surface area contributed by atoms with Crippen LogP contribution in [0.3, 0.4) is 0 Å². The summed E-state index contributed by atoms with van der Waals surface area (Å²) in [5.41, 5.74) is 1.01. The number of amides is 4. The first-order chi connectivity index (χ1) is 13.9. The second-order valence-corrected chi connectivity index (χ2v) is 7.97. The van der Waals surface area contributed by atoms with Crippen LogP contribution in [0.4, 0.5) is 10.5 Å². The van der Waals surface area contributed by atoms with Crippen LogP contribution < -0.4 is 10.2 Å². The number of nitrogens with one attached hydrogen (secondary N) is 1. The summed E-state index contributed by atoms with van der Waals surface area (Å²) in [5.74, 6) is -0.571. The van der Waals surface area contributed by atoms with E-state index in [1.165, 1.54) is 6.08 Å². The van der Waals surface area contributed by atoms with E-state index in [4.69, 9.17) is 4.42 Å². The van der Waals surface area contributed by atoms with Gasteiger partial charge in [0, 0.05) is 14.5 Å². The van der Waals surface area contributed by atoms with E-state index in [-0.39, 0.29) is 5.57 Å². The Morgan fingerprint density at radius 3 is 2.10 bits per heavy atom. The lowest BCUT2D eigenvalue weighted by atomic mass is 10.1. The lowest BCUT2D eigenvalue weighted by Gasteiger charge is -2.26. The minimum atomic E-state index is -0.797. The lowest BCUT2D eigenvalue weighted by Crippen LogP contribution is -2.54. The maximum absolute atomic E-state index is 12.9. The maximum Gasteiger partial charge on any atom is 0.335 e. The molecule has 0 unspecified atom stereocenters. The number of hydrogen-bond acceptors (Lipinski definition) is 4. The topological polar surface area (TPSA) is 79.6 Å². The molecular weight excluding hydrogens is 504 g/mol. The second-order valence-electron chi connectivity index (χ2n) is 6.14. The number of hydrogen-bond donors (Lipinski definition) is 1. The average Bonchev–Trinajstić information content (AvgIpc) is 3.16. The van der Waals surface area contributed by atoms with E-state index < -0.39 is 17.8 Å². The maximum atomic E-state index is 12.9. The summed E-state index contributed by atoms with van der Waals surface area (Å²) in [7, 11) is 0. The Kier molecular flexibility index (Phi) is 5.21. The minimum absolute atomic E-state index is 0.191. The van der Waals surface area contributed by atoms with E-state index in [0.29, 0.717) is 17.2 Å². The predicted molar refractivity (Wildman–Crippen MR) is 115 cm³/mol. The second kappa shape index (κ2) is 7.81. The number of barbiturate groups is 1. The van der Waals surface area contributed by atoms with Gasteiger partial charge in [0.15, 0.2) is 0 Å². The van der Waals surface area contributed by atoms with E-state index in [1.807, 2.05) is 24.3 Å². The molecule has 1 saturated heterocycles. The van der Waals surface area contributed by atoms with Gasteiger partial charge in [0.25, 0.3) is 11.8 Å². The van der Waals surface area contributed by atoms with E-state index in [1.54, 1.807) is 36.4 Å². The Labute approximate surface area is 182 Å². The molecule has 29 heavy (non-hydrogen) atoms. The first-order valence-electron chi connectivity index (χ1n) is 8.45. The molecular formula is C21H12Br2N2O4. The van der Waals surface area contributed by atoms with E-state index in [2.05, 4.69) is 37.2 Å². The fraction of sp³-hybridized carbons (Fsp3) is 0. The van der Waals surface area contributed by atoms with Crippen molar-refractivity contribution in [3.8, 4) is 11.3 Å². The van der Waals surface area contributed by atoms with Gasteiger partial charge in [0.2, 0.25) is 0 Å². The molecule has 4 amide bonds. The molecule has 144 valence electrons. The number of carbonyl (C=O) groups excluding carboxylic acids is 3. The molecule has 0 bridgehead atoms. The number of imide groups is 2. The molecule has 2 heterocycles. The Morgan fingerprint density at radius 2 is 1.45 bits per heavy atom. The molecule has 8 heteroatoms. The summed E-state index contributed by atoms with van der Waals surface area (Å²) in [6.07, 6.45) is 1.33. The number of benzene rings is 2. The lowest BCUT2D eigenvalue weighted by molar-refractivity contribution is -0.122. The van der Waals surface area contributed by atoms with E-state index in [9.17, 15) is 14.4 Å². The van der Waals surface area contributed by atoms with Gasteiger partial charge in [-0.25, -0.2) is 9.69 Å². The van der Waals surface area contributed by atoms with Crippen molar-refractivity contribution in [2.45, 2.75) is 0 Å². The van der Waals surface area contributed by atoms with Crippen LogP contribution >= 0.6 is 31.9 Å². The minimum Gasteiger partial charge on any atom is -0.457 e. The van der Waals surface area contributed by atoms with Gasteiger partial charge in [-0.2, -0.15) is 0 Å². The van der Waals surface area contributed by atoms with Gasteiger partial charge in [-0.3, -0.25) is 14.9 Å². The first kappa shape index (κ1) is 19.4. The summed E-state index contributed by atoms with van der Waals surface area (Å²) in [6.45, 7) is 0. The van der Waals surface area contributed by atoms with Crippen molar-refractivity contribution in [1.29, 1.82) is 0 Å². The van der Waals surface area contributed by atoms with Gasteiger partial charge in [-0.15, -0.1) is 0 Å². The zero-order chi connectivity index (χ0) is 20.5. The van der Waals surface area contributed by atoms with Crippen molar-refractivity contribution in [2.24, 2.45) is 0 Å². The highest BCUT2D eigenvalue weighted by atomic mass is 79.9. The van der Waals surface area contributed by atoms with Crippen LogP contribution in [-0.2, 0) is 9.59 Å². The van der Waals surface area contributed by atoms with Gasteiger partial charge in [0.05, 0.1) is 5.69 Å². The number of furan rings is 1. The molecule has 1 aliphatic rings. The third-order valence-electron chi connectivity index (χ3n) is 4.23. The highest BCUT2D eigenvalue weighted by Gasteiger charge is 2.37. The summed E-state index contributed by atoms with van der Waals surface area (Å²) in [4.78, 5) is 38.3. The number of nitrogens with zero attached hydrogens (tertiary/aromatic N) is 1. The van der Waals surface area contributed by atoms with Crippen molar-refractivity contribution in [2.75, 3.05) is 4.90 Å². The van der Waals surface area contributed by atoms with Gasteiger partial charge < -0.3 is 4.42 Å². The molecule has 3 aromatic rings. The van der Waals surface area contributed by atoms with Gasteiger partial charge in [-0.05, 0) is 54.6 Å². The molecule has 2 aromatic carbocycles. The third-order valence-corrected chi connectivity index (χ3v) is 5.29. The summed E-state index contributed by atoms with van der Waals surface area (Å²) >= 11 is 6.69. The molecule has 0 aliphatic carbocycles. The summed E-state index contributed by atoms with van der Waals surface area (Å²) in [6, 6.07) is 16.8. The Bertz CT molecular complexity index is 1150. The van der Waals surface area contributed by atoms with Crippen molar-refractivity contribution in [1.82, 2.24) is 5.32 Å². The highest BCUT2D eigenvalue weighted by Crippen LogP contribution is 2.27. The zero-order valence-electron chi connectivity index (χ0n) is 14.7. The number of rotatable bonds is 3. The molecule has 0 spiro atoms. The molecule has 0 saturated carbocycles. The smallest absolute Gasteiger partial charge is 0.335 e. The van der Waals surface area contributed by atoms with Crippen molar-refractivity contribution >= 4 is 61.5 Å².